The molecule has 7 nitrogen and oxygen atoms in total. The Balaban J connectivity index is 2.61. The third-order valence-corrected chi connectivity index (χ3v) is 3.35. The highest BCUT2D eigenvalue weighted by Crippen LogP contribution is 2.18. The van der Waals surface area contributed by atoms with E-state index in [-0.39, 0.29) is 38.2 Å². The number of carboxylic acids is 1. The number of nitrogens with zero attached hydrogens (tertiary/aromatic N) is 2. The summed E-state index contributed by atoms with van der Waals surface area (Å²) in [6, 6.07) is -0.356. The highest BCUT2D eigenvalue weighted by Gasteiger charge is 2.30. The van der Waals surface area contributed by atoms with Crippen LogP contribution in [0.4, 0.5) is 4.79 Å². The fourth-order valence-corrected chi connectivity index (χ4v) is 2.03. The molecule has 0 bridgehead atoms. The van der Waals surface area contributed by atoms with Crippen LogP contribution in [0, 0.1) is 5.92 Å². The van der Waals surface area contributed by atoms with Crippen molar-refractivity contribution in [2.24, 2.45) is 5.92 Å². The van der Waals surface area contributed by atoms with Gasteiger partial charge in [-0.2, -0.15) is 0 Å². The summed E-state index contributed by atoms with van der Waals surface area (Å²) in [5, 5.41) is 18.6. The number of β-amino-alcohol motifs (C(OH)–C–C–N with tert-alkyl or cyclic N) is 1. The number of piperidine rings is 1. The second-order valence-corrected chi connectivity index (χ2v) is 4.87. The second kappa shape index (κ2) is 7.30. The molecule has 1 rings (SSSR count). The van der Waals surface area contributed by atoms with Gasteiger partial charge in [0, 0.05) is 26.7 Å². The van der Waals surface area contributed by atoms with Crippen molar-refractivity contribution < 1.29 is 24.5 Å². The third kappa shape index (κ3) is 4.68. The van der Waals surface area contributed by atoms with E-state index in [1.165, 1.54) is 16.9 Å². The Kier molecular flexibility index (Phi) is 6.04. The average Bonchev–Trinajstić information content (AvgIpc) is 2.36. The molecule has 1 aliphatic rings. The first kappa shape index (κ1) is 15.7. The molecule has 0 aromatic heterocycles. The summed E-state index contributed by atoms with van der Waals surface area (Å²) in [6.45, 7) is 2.88. The highest BCUT2D eigenvalue weighted by molar-refractivity contribution is 5.80. The summed E-state index contributed by atoms with van der Waals surface area (Å²) in [5.41, 5.74) is 0. The van der Waals surface area contributed by atoms with E-state index in [0.29, 0.717) is 6.54 Å². The Morgan fingerprint density at radius 1 is 1.47 bits per heavy atom. The number of methoxy groups -OCH3 is 1. The van der Waals surface area contributed by atoms with Gasteiger partial charge in [0.15, 0.2) is 0 Å². The molecular weight excluding hydrogens is 252 g/mol. The molecule has 7 heteroatoms. The maximum absolute atomic E-state index is 12.2. The topological polar surface area (TPSA) is 90.3 Å². The van der Waals surface area contributed by atoms with E-state index in [2.05, 4.69) is 0 Å². The predicted molar refractivity (Wildman–Crippen MR) is 67.8 cm³/mol. The van der Waals surface area contributed by atoms with Crippen LogP contribution < -0.4 is 0 Å². The van der Waals surface area contributed by atoms with Crippen molar-refractivity contribution in [3.63, 3.8) is 0 Å². The van der Waals surface area contributed by atoms with Crippen LogP contribution in [0.25, 0.3) is 0 Å². The van der Waals surface area contributed by atoms with Gasteiger partial charge >= 0.3 is 12.0 Å². The first-order chi connectivity index (χ1) is 8.95. The number of ether oxygens (including phenoxy) is 1. The number of aliphatic hydroxyl groups excluding tert-OH is 1. The van der Waals surface area contributed by atoms with Gasteiger partial charge < -0.3 is 24.7 Å². The zero-order valence-corrected chi connectivity index (χ0v) is 11.4. The van der Waals surface area contributed by atoms with E-state index in [9.17, 15) is 14.7 Å². The maximum atomic E-state index is 12.2. The lowest BCUT2D eigenvalue weighted by molar-refractivity contribution is -0.137. The van der Waals surface area contributed by atoms with E-state index in [4.69, 9.17) is 9.84 Å². The van der Waals surface area contributed by atoms with Crippen LogP contribution in [-0.2, 0) is 9.53 Å². The van der Waals surface area contributed by atoms with Crippen LogP contribution in [0.5, 0.6) is 0 Å². The normalized spacial score (nSPS) is 23.2. The van der Waals surface area contributed by atoms with Gasteiger partial charge in [0.25, 0.3) is 0 Å². The Hall–Kier alpha value is -1.34. The number of carbonyl (C=O) groups excluding carboxylic acids is 1. The minimum atomic E-state index is -1.06. The molecular formula is C12H22N2O5. The molecule has 1 aliphatic heterocycles. The van der Waals surface area contributed by atoms with Gasteiger partial charge in [-0.3, -0.25) is 4.79 Å². The van der Waals surface area contributed by atoms with Crippen molar-refractivity contribution in [3.8, 4) is 0 Å². The van der Waals surface area contributed by atoms with Gasteiger partial charge in [-0.1, -0.05) is 6.92 Å². The summed E-state index contributed by atoms with van der Waals surface area (Å²) in [7, 11) is 1.50. The van der Waals surface area contributed by atoms with E-state index in [1.54, 1.807) is 0 Å². The van der Waals surface area contributed by atoms with Crippen molar-refractivity contribution >= 4 is 12.0 Å². The lowest BCUT2D eigenvalue weighted by Gasteiger charge is -2.37. The molecule has 0 aromatic rings. The number of aliphatic carboxylic acids is 1. The molecule has 0 aliphatic carbocycles. The van der Waals surface area contributed by atoms with Crippen LogP contribution >= 0.6 is 0 Å². The molecule has 2 amide bonds. The van der Waals surface area contributed by atoms with Crippen molar-refractivity contribution in [1.82, 2.24) is 9.80 Å². The molecule has 19 heavy (non-hydrogen) atoms. The largest absolute Gasteiger partial charge is 0.480 e. The van der Waals surface area contributed by atoms with Crippen LogP contribution in [0.1, 0.15) is 13.3 Å². The van der Waals surface area contributed by atoms with Gasteiger partial charge in [0.1, 0.15) is 6.54 Å². The monoisotopic (exact) mass is 274 g/mol. The standard InChI is InChI=1S/C12H22N2O5/c1-9-3-4-13(7-10(9)15)12(18)14(5-6-19-2)8-11(16)17/h9-10,15H,3-8H2,1-2H3,(H,16,17). The van der Waals surface area contributed by atoms with Crippen LogP contribution in [0.3, 0.4) is 0 Å². The van der Waals surface area contributed by atoms with E-state index < -0.39 is 12.1 Å². The summed E-state index contributed by atoms with van der Waals surface area (Å²) < 4.78 is 4.87. The first-order valence-corrected chi connectivity index (χ1v) is 6.38. The minimum absolute atomic E-state index is 0.163. The average molecular weight is 274 g/mol. The molecule has 1 saturated heterocycles. The molecule has 1 fully saturated rings. The molecule has 110 valence electrons. The highest BCUT2D eigenvalue weighted by atomic mass is 16.5. The molecule has 0 saturated carbocycles. The lowest BCUT2D eigenvalue weighted by atomic mass is 9.96. The Labute approximate surface area is 112 Å². The number of rotatable bonds is 5. The van der Waals surface area contributed by atoms with Crippen LogP contribution in [0.15, 0.2) is 0 Å². The number of carboxylic acid groups (broad SMARTS) is 1. The van der Waals surface area contributed by atoms with E-state index in [0.717, 1.165) is 6.42 Å². The fraction of sp³-hybridized carbons (Fsp3) is 0.833. The van der Waals surface area contributed by atoms with E-state index in [1.807, 2.05) is 6.92 Å². The number of urea groups is 1. The smallest absolute Gasteiger partial charge is 0.323 e. The van der Waals surface area contributed by atoms with Crippen molar-refractivity contribution in [3.05, 3.63) is 0 Å². The van der Waals surface area contributed by atoms with Gasteiger partial charge in [0.05, 0.1) is 12.7 Å². The van der Waals surface area contributed by atoms with Crippen molar-refractivity contribution in [1.29, 1.82) is 0 Å². The summed E-state index contributed by atoms with van der Waals surface area (Å²) >= 11 is 0. The van der Waals surface area contributed by atoms with Crippen LogP contribution in [-0.4, -0.2) is 78.0 Å². The second-order valence-electron chi connectivity index (χ2n) is 4.87. The summed E-state index contributed by atoms with van der Waals surface area (Å²) in [5.74, 6) is -0.897. The van der Waals surface area contributed by atoms with E-state index >= 15 is 0 Å². The number of amides is 2. The quantitative estimate of drug-likeness (QED) is 0.727. The summed E-state index contributed by atoms with van der Waals surface area (Å²) in [4.78, 5) is 25.7. The van der Waals surface area contributed by atoms with Gasteiger partial charge in [-0.15, -0.1) is 0 Å². The SMILES string of the molecule is COCCN(CC(=O)O)C(=O)N1CCC(C)C(O)C1. The Bertz CT molecular complexity index is 323. The number of hydrogen-bond donors (Lipinski definition) is 2. The number of likely N-dealkylation sites (tertiary alicyclic amines) is 1. The molecule has 2 atom stereocenters. The zero-order valence-electron chi connectivity index (χ0n) is 11.4. The predicted octanol–water partition coefficient (Wildman–Crippen LogP) is -0.158. The molecule has 2 N–H and O–H groups in total. The lowest BCUT2D eigenvalue weighted by Crippen LogP contribution is -2.52. The molecule has 1 heterocycles. The minimum Gasteiger partial charge on any atom is -0.480 e. The summed E-state index contributed by atoms with van der Waals surface area (Å²) in [6.07, 6.45) is 0.171. The van der Waals surface area contributed by atoms with Gasteiger partial charge in [0.2, 0.25) is 0 Å². The number of carbonyl (C=O) groups is 2. The number of aliphatic hydroxyl groups is 1. The Morgan fingerprint density at radius 2 is 2.16 bits per heavy atom. The molecule has 0 spiro atoms. The van der Waals surface area contributed by atoms with Gasteiger partial charge in [-0.05, 0) is 12.3 Å². The number of hydrogen-bond acceptors (Lipinski definition) is 4. The van der Waals surface area contributed by atoms with Crippen LogP contribution in [0.2, 0.25) is 0 Å². The zero-order chi connectivity index (χ0) is 14.4. The molecule has 0 aromatic carbocycles. The maximum Gasteiger partial charge on any atom is 0.323 e. The van der Waals surface area contributed by atoms with Crippen molar-refractivity contribution in [2.75, 3.05) is 39.9 Å². The molecule has 2 unspecified atom stereocenters. The fourth-order valence-electron chi connectivity index (χ4n) is 2.03. The molecule has 0 radical (unpaired) electrons. The van der Waals surface area contributed by atoms with Crippen molar-refractivity contribution in [2.45, 2.75) is 19.4 Å². The first-order valence-electron chi connectivity index (χ1n) is 6.38. The van der Waals surface area contributed by atoms with Gasteiger partial charge in [-0.25, -0.2) is 4.79 Å². The Morgan fingerprint density at radius 3 is 2.68 bits per heavy atom. The third-order valence-electron chi connectivity index (χ3n) is 3.35.